The lowest BCUT2D eigenvalue weighted by Gasteiger charge is -2.22. The third kappa shape index (κ3) is 4.40. The summed E-state index contributed by atoms with van der Waals surface area (Å²) in [5.74, 6) is 4.44. The number of aromatic nitrogens is 1. The molecule has 2 rings (SSSR count). The predicted octanol–water partition coefficient (Wildman–Crippen LogP) is 3.08. The fourth-order valence-corrected chi connectivity index (χ4v) is 2.31. The van der Waals surface area contributed by atoms with E-state index in [2.05, 4.69) is 34.1 Å². The lowest BCUT2D eigenvalue weighted by atomic mass is 10.2. The molecule has 0 atom stereocenters. The lowest BCUT2D eigenvalue weighted by Crippen LogP contribution is -2.27. The molecule has 1 aromatic rings. The van der Waals surface area contributed by atoms with Crippen molar-refractivity contribution < 1.29 is 0 Å². The van der Waals surface area contributed by atoms with Gasteiger partial charge in [-0.05, 0) is 43.4 Å². The van der Waals surface area contributed by atoms with E-state index in [0.717, 1.165) is 43.4 Å². The van der Waals surface area contributed by atoms with E-state index in [0.29, 0.717) is 11.6 Å². The molecule has 0 spiro atoms. The van der Waals surface area contributed by atoms with E-state index < -0.39 is 0 Å². The van der Waals surface area contributed by atoms with Gasteiger partial charge in [0.2, 0.25) is 0 Å². The van der Waals surface area contributed by atoms with Crippen LogP contribution in [-0.2, 0) is 6.54 Å². The SMILES string of the molecule is C#CCN(CC1CC1)c1cc(CNCCC)c(Cl)cn1. The topological polar surface area (TPSA) is 28.2 Å². The maximum absolute atomic E-state index is 6.21. The predicted molar refractivity (Wildman–Crippen MR) is 85.0 cm³/mol. The molecule has 1 N–H and O–H groups in total. The first kappa shape index (κ1) is 15.2. The highest BCUT2D eigenvalue weighted by atomic mass is 35.5. The quantitative estimate of drug-likeness (QED) is 0.589. The number of halogens is 1. The minimum Gasteiger partial charge on any atom is -0.345 e. The number of hydrogen-bond acceptors (Lipinski definition) is 3. The summed E-state index contributed by atoms with van der Waals surface area (Å²) in [4.78, 5) is 6.62. The third-order valence-electron chi connectivity index (χ3n) is 3.44. The maximum atomic E-state index is 6.21. The van der Waals surface area contributed by atoms with Gasteiger partial charge in [0, 0.05) is 19.3 Å². The van der Waals surface area contributed by atoms with Gasteiger partial charge in [0.25, 0.3) is 0 Å². The number of pyridine rings is 1. The fourth-order valence-electron chi connectivity index (χ4n) is 2.14. The van der Waals surface area contributed by atoms with E-state index in [1.54, 1.807) is 6.20 Å². The van der Waals surface area contributed by atoms with Gasteiger partial charge >= 0.3 is 0 Å². The molecule has 1 fully saturated rings. The number of rotatable bonds is 8. The number of anilines is 1. The fraction of sp³-hybridized carbons (Fsp3) is 0.562. The van der Waals surface area contributed by atoms with Crippen LogP contribution >= 0.6 is 11.6 Å². The molecule has 1 saturated carbocycles. The van der Waals surface area contributed by atoms with Crippen LogP contribution in [-0.4, -0.2) is 24.6 Å². The summed E-state index contributed by atoms with van der Waals surface area (Å²) in [7, 11) is 0. The molecular formula is C16H22ClN3. The molecule has 4 heteroatoms. The lowest BCUT2D eigenvalue weighted by molar-refractivity contribution is 0.674. The van der Waals surface area contributed by atoms with Crippen LogP contribution in [0.1, 0.15) is 31.7 Å². The Bertz CT molecular complexity index is 477. The Labute approximate surface area is 126 Å². The third-order valence-corrected chi connectivity index (χ3v) is 3.78. The number of hydrogen-bond donors (Lipinski definition) is 1. The van der Waals surface area contributed by atoms with E-state index >= 15 is 0 Å². The Morgan fingerprint density at radius 1 is 1.55 bits per heavy atom. The number of nitrogens with one attached hydrogen (secondary N) is 1. The van der Waals surface area contributed by atoms with Crippen molar-refractivity contribution in [2.75, 3.05) is 24.5 Å². The van der Waals surface area contributed by atoms with Crippen LogP contribution in [0.5, 0.6) is 0 Å². The molecule has 0 radical (unpaired) electrons. The molecule has 1 heterocycles. The summed E-state index contributed by atoms with van der Waals surface area (Å²) in [6.45, 7) is 5.52. The highest BCUT2D eigenvalue weighted by Gasteiger charge is 2.24. The first-order chi connectivity index (χ1) is 9.74. The molecule has 0 saturated heterocycles. The van der Waals surface area contributed by atoms with Crippen molar-refractivity contribution in [3.8, 4) is 12.3 Å². The number of nitrogens with zero attached hydrogens (tertiary/aromatic N) is 2. The molecule has 20 heavy (non-hydrogen) atoms. The van der Waals surface area contributed by atoms with Crippen molar-refractivity contribution >= 4 is 17.4 Å². The average Bonchev–Trinajstić information content (AvgIpc) is 3.25. The van der Waals surface area contributed by atoms with E-state index in [-0.39, 0.29) is 0 Å². The summed E-state index contributed by atoms with van der Waals surface area (Å²) >= 11 is 6.21. The van der Waals surface area contributed by atoms with Gasteiger partial charge in [-0.25, -0.2) is 4.98 Å². The van der Waals surface area contributed by atoms with Gasteiger partial charge in [-0.2, -0.15) is 0 Å². The molecule has 0 unspecified atom stereocenters. The van der Waals surface area contributed by atoms with E-state index in [1.165, 1.54) is 12.8 Å². The summed E-state index contributed by atoms with van der Waals surface area (Å²) in [5.41, 5.74) is 1.09. The van der Waals surface area contributed by atoms with Crippen LogP contribution in [0.4, 0.5) is 5.82 Å². The minimum atomic E-state index is 0.604. The normalized spacial score (nSPS) is 14.1. The van der Waals surface area contributed by atoms with Crippen LogP contribution in [0.3, 0.4) is 0 Å². The van der Waals surface area contributed by atoms with E-state index in [4.69, 9.17) is 18.0 Å². The van der Waals surface area contributed by atoms with Gasteiger partial charge in [0.05, 0.1) is 11.6 Å². The standard InChI is InChI=1S/C16H22ClN3/c1-3-7-18-10-14-9-16(19-11-15(14)17)20(8-4-2)12-13-5-6-13/h2,9,11,13,18H,3,5-8,10,12H2,1H3. The summed E-state index contributed by atoms with van der Waals surface area (Å²) in [5, 5.41) is 4.08. The van der Waals surface area contributed by atoms with Crippen LogP contribution in [0.15, 0.2) is 12.3 Å². The van der Waals surface area contributed by atoms with Gasteiger partial charge in [0.15, 0.2) is 0 Å². The van der Waals surface area contributed by atoms with Gasteiger partial charge in [-0.1, -0.05) is 24.4 Å². The Morgan fingerprint density at radius 2 is 2.35 bits per heavy atom. The van der Waals surface area contributed by atoms with Crippen molar-refractivity contribution in [2.45, 2.75) is 32.7 Å². The Hall–Kier alpha value is -1.24. The maximum Gasteiger partial charge on any atom is 0.129 e. The summed E-state index contributed by atoms with van der Waals surface area (Å²) in [6, 6.07) is 2.06. The smallest absolute Gasteiger partial charge is 0.129 e. The zero-order valence-corrected chi connectivity index (χ0v) is 12.8. The second-order valence-corrected chi connectivity index (χ2v) is 5.75. The molecule has 1 aliphatic carbocycles. The van der Waals surface area contributed by atoms with Crippen molar-refractivity contribution in [1.82, 2.24) is 10.3 Å². The second kappa shape index (κ2) is 7.52. The second-order valence-electron chi connectivity index (χ2n) is 5.34. The molecule has 0 bridgehead atoms. The molecule has 1 aliphatic rings. The average molecular weight is 292 g/mol. The molecule has 108 valence electrons. The zero-order valence-electron chi connectivity index (χ0n) is 12.0. The van der Waals surface area contributed by atoms with Gasteiger partial charge in [0.1, 0.15) is 5.82 Å². The van der Waals surface area contributed by atoms with Crippen LogP contribution in [0, 0.1) is 18.3 Å². The first-order valence-electron chi connectivity index (χ1n) is 7.28. The highest BCUT2D eigenvalue weighted by molar-refractivity contribution is 6.31. The van der Waals surface area contributed by atoms with Gasteiger partial charge in [-0.3, -0.25) is 0 Å². The highest BCUT2D eigenvalue weighted by Crippen LogP contribution is 2.31. The Kier molecular flexibility index (Phi) is 5.70. The Balaban J connectivity index is 2.08. The zero-order chi connectivity index (χ0) is 14.4. The van der Waals surface area contributed by atoms with Crippen molar-refractivity contribution in [3.05, 3.63) is 22.8 Å². The molecule has 0 aromatic carbocycles. The molecule has 3 nitrogen and oxygen atoms in total. The summed E-state index contributed by atoms with van der Waals surface area (Å²) < 4.78 is 0. The van der Waals surface area contributed by atoms with Gasteiger partial charge < -0.3 is 10.2 Å². The van der Waals surface area contributed by atoms with Gasteiger partial charge in [-0.15, -0.1) is 6.42 Å². The number of terminal acetylenes is 1. The van der Waals surface area contributed by atoms with Crippen LogP contribution in [0.25, 0.3) is 0 Å². The van der Waals surface area contributed by atoms with Crippen molar-refractivity contribution in [3.63, 3.8) is 0 Å². The Morgan fingerprint density at radius 3 is 3.00 bits per heavy atom. The van der Waals surface area contributed by atoms with Crippen LogP contribution < -0.4 is 10.2 Å². The van der Waals surface area contributed by atoms with E-state index in [1.807, 2.05) is 0 Å². The minimum absolute atomic E-state index is 0.604. The molecule has 1 aromatic heterocycles. The van der Waals surface area contributed by atoms with Crippen molar-refractivity contribution in [2.24, 2.45) is 5.92 Å². The summed E-state index contributed by atoms with van der Waals surface area (Å²) in [6.07, 6.45) is 10.9. The first-order valence-corrected chi connectivity index (χ1v) is 7.66. The molecule has 0 amide bonds. The monoisotopic (exact) mass is 291 g/mol. The van der Waals surface area contributed by atoms with Crippen molar-refractivity contribution in [1.29, 1.82) is 0 Å². The van der Waals surface area contributed by atoms with E-state index in [9.17, 15) is 0 Å². The molecular weight excluding hydrogens is 270 g/mol. The largest absolute Gasteiger partial charge is 0.345 e. The molecule has 0 aliphatic heterocycles. The van der Waals surface area contributed by atoms with Crippen LogP contribution in [0.2, 0.25) is 5.02 Å².